The van der Waals surface area contributed by atoms with E-state index in [9.17, 15) is 18.0 Å². The molecule has 0 aliphatic carbocycles. The molecule has 0 spiro atoms. The molecule has 35 heavy (non-hydrogen) atoms. The summed E-state index contributed by atoms with van der Waals surface area (Å²) >= 11 is 3.49. The Bertz CT molecular complexity index is 1220. The van der Waals surface area contributed by atoms with E-state index in [-0.39, 0.29) is 18.0 Å². The number of anilines is 1. The second-order valence-corrected chi connectivity index (χ2v) is 9.99. The molecule has 1 unspecified atom stereocenters. The maximum atomic E-state index is 13.7. The van der Waals surface area contributed by atoms with E-state index in [4.69, 9.17) is 4.98 Å². The van der Waals surface area contributed by atoms with Gasteiger partial charge in [-0.25, -0.2) is 4.98 Å². The molecule has 1 N–H and O–H groups in total. The van der Waals surface area contributed by atoms with Gasteiger partial charge in [-0.2, -0.15) is 13.2 Å². The first-order valence-corrected chi connectivity index (χ1v) is 12.8. The summed E-state index contributed by atoms with van der Waals surface area (Å²) in [4.78, 5) is 20.6. The van der Waals surface area contributed by atoms with Crippen molar-refractivity contribution in [3.05, 3.63) is 69.2 Å². The van der Waals surface area contributed by atoms with Crippen molar-refractivity contribution in [2.45, 2.75) is 51.6 Å². The lowest BCUT2D eigenvalue weighted by atomic mass is 9.90. The summed E-state index contributed by atoms with van der Waals surface area (Å²) < 4.78 is 41.8. The van der Waals surface area contributed by atoms with Gasteiger partial charge in [-0.15, -0.1) is 0 Å². The maximum Gasteiger partial charge on any atom is 0.416 e. The highest BCUT2D eigenvalue weighted by Crippen LogP contribution is 2.37. The number of benzene rings is 2. The molecule has 4 nitrogen and oxygen atoms in total. The van der Waals surface area contributed by atoms with Gasteiger partial charge in [0.1, 0.15) is 5.82 Å². The zero-order valence-electron chi connectivity index (χ0n) is 19.9. The normalized spacial score (nSPS) is 15.0. The quantitative estimate of drug-likeness (QED) is 0.339. The number of aromatic nitrogens is 1. The molecule has 2 heterocycles. The minimum absolute atomic E-state index is 0.121. The number of fused-ring (bicyclic) bond motifs is 1. The molecule has 186 valence electrons. The van der Waals surface area contributed by atoms with Crippen LogP contribution in [0.3, 0.4) is 0 Å². The largest absolute Gasteiger partial charge is 0.416 e. The fourth-order valence-corrected chi connectivity index (χ4v) is 5.34. The highest BCUT2D eigenvalue weighted by Gasteiger charge is 2.35. The van der Waals surface area contributed by atoms with E-state index < -0.39 is 17.7 Å². The second kappa shape index (κ2) is 10.6. The molecule has 1 atom stereocenters. The van der Waals surface area contributed by atoms with E-state index >= 15 is 0 Å². The van der Waals surface area contributed by atoms with Crippen LogP contribution in [0, 0.1) is 6.92 Å². The van der Waals surface area contributed by atoms with E-state index in [2.05, 4.69) is 26.1 Å². The van der Waals surface area contributed by atoms with Gasteiger partial charge in [0.25, 0.3) is 5.91 Å². The summed E-state index contributed by atoms with van der Waals surface area (Å²) in [6.07, 6.45) is -1.04. The Kier molecular flexibility index (Phi) is 7.69. The van der Waals surface area contributed by atoms with Crippen LogP contribution in [0.2, 0.25) is 0 Å². The SMILES string of the molecule is CCCC(CNC(=O)c1c(C)c(N2CCCC2)nc2ccc(Br)cc12)c1ccccc1C(F)(F)F. The Labute approximate surface area is 212 Å². The van der Waals surface area contributed by atoms with Crippen molar-refractivity contribution in [2.24, 2.45) is 0 Å². The predicted molar refractivity (Wildman–Crippen MR) is 137 cm³/mol. The lowest BCUT2D eigenvalue weighted by Crippen LogP contribution is -2.31. The standard InChI is InChI=1S/C27H29BrF3N3O/c1-3-8-18(20-9-4-5-10-22(20)27(29,30)31)16-32-26(35)24-17(2)25(34-13-6-7-14-34)33-23-12-11-19(28)15-21(23)24/h4-5,9-12,15,18H,3,6-8,13-14,16H2,1-2H3,(H,32,35). The molecule has 4 rings (SSSR count). The van der Waals surface area contributed by atoms with Crippen molar-refractivity contribution in [3.8, 4) is 0 Å². The highest BCUT2D eigenvalue weighted by molar-refractivity contribution is 9.10. The molecule has 8 heteroatoms. The van der Waals surface area contributed by atoms with Gasteiger partial charge in [0.2, 0.25) is 0 Å². The molecule has 2 aromatic carbocycles. The molecular weight excluding hydrogens is 519 g/mol. The Morgan fingerprint density at radius 3 is 2.57 bits per heavy atom. The average Bonchev–Trinajstić information content (AvgIpc) is 3.35. The Morgan fingerprint density at radius 2 is 1.89 bits per heavy atom. The molecule has 1 aliphatic heterocycles. The molecule has 0 radical (unpaired) electrons. The van der Waals surface area contributed by atoms with Crippen LogP contribution < -0.4 is 10.2 Å². The van der Waals surface area contributed by atoms with E-state index in [0.29, 0.717) is 18.4 Å². The minimum atomic E-state index is -4.44. The van der Waals surface area contributed by atoms with Crippen LogP contribution in [0.15, 0.2) is 46.9 Å². The summed E-state index contributed by atoms with van der Waals surface area (Å²) in [6.45, 7) is 5.74. The van der Waals surface area contributed by atoms with Crippen LogP contribution in [0.25, 0.3) is 10.9 Å². The van der Waals surface area contributed by atoms with Gasteiger partial charge in [-0.1, -0.05) is 47.5 Å². The topological polar surface area (TPSA) is 45.2 Å². The average molecular weight is 548 g/mol. The first-order valence-electron chi connectivity index (χ1n) is 12.0. The van der Waals surface area contributed by atoms with Gasteiger partial charge in [0, 0.05) is 41.0 Å². The third-order valence-corrected chi connectivity index (χ3v) is 7.14. The van der Waals surface area contributed by atoms with E-state index in [1.54, 1.807) is 6.07 Å². The molecule has 1 fully saturated rings. The zero-order chi connectivity index (χ0) is 25.2. The molecular formula is C27H29BrF3N3O. The monoisotopic (exact) mass is 547 g/mol. The van der Waals surface area contributed by atoms with Crippen molar-refractivity contribution in [1.29, 1.82) is 0 Å². The van der Waals surface area contributed by atoms with Crippen molar-refractivity contribution in [2.75, 3.05) is 24.5 Å². The van der Waals surface area contributed by atoms with Gasteiger partial charge < -0.3 is 10.2 Å². The van der Waals surface area contributed by atoms with Gasteiger partial charge >= 0.3 is 6.18 Å². The fourth-order valence-electron chi connectivity index (χ4n) is 4.98. The van der Waals surface area contributed by atoms with Crippen molar-refractivity contribution >= 4 is 38.6 Å². The number of carbonyl (C=O) groups excluding carboxylic acids is 1. The van der Waals surface area contributed by atoms with Crippen LogP contribution >= 0.6 is 15.9 Å². The molecule has 1 saturated heterocycles. The number of alkyl halides is 3. The van der Waals surface area contributed by atoms with Crippen LogP contribution in [0.4, 0.5) is 19.0 Å². The number of halogens is 4. The number of nitrogens with one attached hydrogen (secondary N) is 1. The lowest BCUT2D eigenvalue weighted by Gasteiger charge is -2.24. The van der Waals surface area contributed by atoms with Crippen LogP contribution in [0.1, 0.15) is 65.6 Å². The number of carbonyl (C=O) groups is 1. The predicted octanol–water partition coefficient (Wildman–Crippen LogP) is 7.24. The summed E-state index contributed by atoms with van der Waals surface area (Å²) in [6, 6.07) is 11.3. The maximum absolute atomic E-state index is 13.7. The van der Waals surface area contributed by atoms with E-state index in [1.807, 2.05) is 32.0 Å². The lowest BCUT2D eigenvalue weighted by molar-refractivity contribution is -0.138. The Morgan fingerprint density at radius 1 is 1.17 bits per heavy atom. The molecule has 0 saturated carbocycles. The number of rotatable bonds is 7. The number of nitrogens with zero attached hydrogens (tertiary/aromatic N) is 2. The minimum Gasteiger partial charge on any atom is -0.356 e. The Hall–Kier alpha value is -2.61. The number of hydrogen-bond donors (Lipinski definition) is 1. The van der Waals surface area contributed by atoms with Gasteiger partial charge in [0.05, 0.1) is 16.6 Å². The van der Waals surface area contributed by atoms with Crippen LogP contribution in [-0.4, -0.2) is 30.5 Å². The van der Waals surface area contributed by atoms with Gasteiger partial charge in [-0.3, -0.25) is 4.79 Å². The number of amides is 1. The third kappa shape index (κ3) is 5.47. The first-order chi connectivity index (χ1) is 16.7. The van der Waals surface area contributed by atoms with Crippen LogP contribution in [-0.2, 0) is 6.18 Å². The third-order valence-electron chi connectivity index (χ3n) is 6.65. The molecule has 1 aromatic heterocycles. The smallest absolute Gasteiger partial charge is 0.356 e. The Balaban J connectivity index is 1.69. The van der Waals surface area contributed by atoms with Crippen molar-refractivity contribution in [3.63, 3.8) is 0 Å². The summed E-state index contributed by atoms with van der Waals surface area (Å²) in [5, 5.41) is 3.69. The highest BCUT2D eigenvalue weighted by atomic mass is 79.9. The van der Waals surface area contributed by atoms with E-state index in [1.165, 1.54) is 12.1 Å². The molecule has 1 amide bonds. The van der Waals surface area contributed by atoms with E-state index in [0.717, 1.165) is 58.8 Å². The van der Waals surface area contributed by atoms with Crippen molar-refractivity contribution < 1.29 is 18.0 Å². The zero-order valence-corrected chi connectivity index (χ0v) is 21.5. The second-order valence-electron chi connectivity index (χ2n) is 9.07. The van der Waals surface area contributed by atoms with Gasteiger partial charge in [0.15, 0.2) is 0 Å². The first kappa shape index (κ1) is 25.5. The number of hydrogen-bond acceptors (Lipinski definition) is 3. The van der Waals surface area contributed by atoms with Crippen molar-refractivity contribution in [1.82, 2.24) is 10.3 Å². The fraction of sp³-hybridized carbons (Fsp3) is 0.407. The summed E-state index contributed by atoms with van der Waals surface area (Å²) in [5.41, 5.74) is 1.62. The summed E-state index contributed by atoms with van der Waals surface area (Å²) in [7, 11) is 0. The molecule has 0 bridgehead atoms. The molecule has 3 aromatic rings. The van der Waals surface area contributed by atoms with Crippen LogP contribution in [0.5, 0.6) is 0 Å². The van der Waals surface area contributed by atoms with Gasteiger partial charge in [-0.05, 0) is 56.0 Å². The molecule has 1 aliphatic rings. The number of pyridine rings is 1. The summed E-state index contributed by atoms with van der Waals surface area (Å²) in [5.74, 6) is 0.0639.